The first kappa shape index (κ1) is 19.6. The lowest BCUT2D eigenvalue weighted by Gasteiger charge is -2.26. The molecular weight excluding hydrogens is 333 g/mol. The Balaban J connectivity index is 2.17. The van der Waals surface area contributed by atoms with Crippen LogP contribution >= 0.6 is 0 Å². The van der Waals surface area contributed by atoms with E-state index in [0.717, 1.165) is 11.1 Å². The molecule has 1 unspecified atom stereocenters. The number of methoxy groups -OCH3 is 1. The molecule has 1 atom stereocenters. The van der Waals surface area contributed by atoms with Crippen LogP contribution in [0.5, 0.6) is 0 Å². The van der Waals surface area contributed by atoms with Gasteiger partial charge in [0.1, 0.15) is 5.82 Å². The summed E-state index contributed by atoms with van der Waals surface area (Å²) in [5.41, 5.74) is 2.43. The summed E-state index contributed by atoms with van der Waals surface area (Å²) in [4.78, 5) is 26.4. The number of carbonyl (C=O) groups is 2. The van der Waals surface area contributed by atoms with Gasteiger partial charge in [0.25, 0.3) is 5.91 Å². The Labute approximate surface area is 153 Å². The fourth-order valence-corrected chi connectivity index (χ4v) is 2.78. The number of carbonyl (C=O) groups excluding carboxylic acids is 2. The Bertz CT molecular complexity index is 758. The van der Waals surface area contributed by atoms with Crippen molar-refractivity contribution in [3.63, 3.8) is 0 Å². The molecule has 0 saturated heterocycles. The lowest BCUT2D eigenvalue weighted by molar-refractivity contribution is -0.145. The second-order valence-corrected chi connectivity index (χ2v) is 6.37. The zero-order chi connectivity index (χ0) is 19.1. The van der Waals surface area contributed by atoms with E-state index in [-0.39, 0.29) is 24.2 Å². The van der Waals surface area contributed by atoms with Gasteiger partial charge in [-0.2, -0.15) is 0 Å². The van der Waals surface area contributed by atoms with E-state index in [2.05, 4.69) is 0 Å². The number of ether oxygens (including phenoxy) is 1. The van der Waals surface area contributed by atoms with Crippen LogP contribution < -0.4 is 0 Å². The molecule has 2 aromatic rings. The van der Waals surface area contributed by atoms with Gasteiger partial charge in [-0.15, -0.1) is 0 Å². The van der Waals surface area contributed by atoms with Gasteiger partial charge in [0.15, 0.2) is 0 Å². The van der Waals surface area contributed by atoms with Crippen LogP contribution in [0.2, 0.25) is 0 Å². The molecule has 0 N–H and O–H groups in total. The zero-order valence-electron chi connectivity index (χ0n) is 15.4. The third-order valence-corrected chi connectivity index (χ3v) is 4.34. The molecule has 0 radical (unpaired) electrons. The number of halogens is 1. The number of amides is 1. The summed E-state index contributed by atoms with van der Waals surface area (Å²) in [6.07, 6.45) is 0.575. The Morgan fingerprint density at radius 1 is 1.12 bits per heavy atom. The van der Waals surface area contributed by atoms with E-state index >= 15 is 0 Å². The summed E-state index contributed by atoms with van der Waals surface area (Å²) in [5, 5.41) is 0. The number of esters is 1. The van der Waals surface area contributed by atoms with Crippen molar-refractivity contribution >= 4 is 11.9 Å². The number of benzene rings is 2. The van der Waals surface area contributed by atoms with Crippen molar-refractivity contribution in [2.45, 2.75) is 20.3 Å². The fourth-order valence-electron chi connectivity index (χ4n) is 2.78. The lowest BCUT2D eigenvalue weighted by atomic mass is 10.1. The smallest absolute Gasteiger partial charge is 0.310 e. The number of rotatable bonds is 7. The molecule has 4 nitrogen and oxygen atoms in total. The molecule has 2 aromatic carbocycles. The third-order valence-electron chi connectivity index (χ3n) is 4.34. The minimum absolute atomic E-state index is 0.124. The summed E-state index contributed by atoms with van der Waals surface area (Å²) < 4.78 is 17.8. The molecule has 0 spiro atoms. The van der Waals surface area contributed by atoms with E-state index in [1.54, 1.807) is 30.0 Å². The summed E-state index contributed by atoms with van der Waals surface area (Å²) >= 11 is 0. The van der Waals surface area contributed by atoms with Gasteiger partial charge in [-0.25, -0.2) is 4.39 Å². The van der Waals surface area contributed by atoms with E-state index < -0.39 is 5.92 Å². The maximum atomic E-state index is 13.1. The first-order chi connectivity index (χ1) is 12.4. The highest BCUT2D eigenvalue weighted by molar-refractivity contribution is 5.95. The average molecular weight is 357 g/mol. The average Bonchev–Trinajstić information content (AvgIpc) is 2.65. The predicted molar refractivity (Wildman–Crippen MR) is 98.4 cm³/mol. The van der Waals surface area contributed by atoms with Crippen LogP contribution in [0.4, 0.5) is 4.39 Å². The van der Waals surface area contributed by atoms with Crippen molar-refractivity contribution in [1.82, 2.24) is 4.90 Å². The number of hydrogen-bond donors (Lipinski definition) is 0. The second kappa shape index (κ2) is 9.13. The maximum Gasteiger partial charge on any atom is 0.310 e. The van der Waals surface area contributed by atoms with E-state index in [9.17, 15) is 14.0 Å². The molecule has 0 saturated carbocycles. The van der Waals surface area contributed by atoms with Gasteiger partial charge in [0.05, 0.1) is 13.0 Å². The molecule has 0 bridgehead atoms. The highest BCUT2D eigenvalue weighted by Crippen LogP contribution is 2.14. The normalized spacial score (nSPS) is 11.7. The minimum Gasteiger partial charge on any atom is -0.469 e. The standard InChI is InChI=1S/C21H24FNO3/c1-15-6-4-5-7-19(15)20(24)23(14-16(2)21(25)26-3)13-12-17-8-10-18(22)11-9-17/h4-11,16H,12-14H2,1-3H3. The maximum absolute atomic E-state index is 13.1. The Morgan fingerprint density at radius 2 is 1.77 bits per heavy atom. The summed E-state index contributed by atoms with van der Waals surface area (Å²) in [7, 11) is 1.34. The molecule has 2 rings (SSSR count). The molecule has 0 fully saturated rings. The number of aryl methyl sites for hydroxylation is 1. The molecule has 0 aliphatic carbocycles. The topological polar surface area (TPSA) is 46.6 Å². The predicted octanol–water partition coefficient (Wildman–Crippen LogP) is 3.63. The van der Waals surface area contributed by atoms with Crippen molar-refractivity contribution in [3.05, 3.63) is 71.0 Å². The first-order valence-electron chi connectivity index (χ1n) is 8.59. The SMILES string of the molecule is COC(=O)C(C)CN(CCc1ccc(F)cc1)C(=O)c1ccccc1C. The van der Waals surface area contributed by atoms with Crippen LogP contribution in [0, 0.1) is 18.7 Å². The van der Waals surface area contributed by atoms with Crippen LogP contribution in [0.25, 0.3) is 0 Å². The molecule has 5 heteroatoms. The summed E-state index contributed by atoms with van der Waals surface area (Å²) in [5.74, 6) is -1.20. The highest BCUT2D eigenvalue weighted by atomic mass is 19.1. The molecule has 138 valence electrons. The van der Waals surface area contributed by atoms with E-state index in [4.69, 9.17) is 4.74 Å². The first-order valence-corrected chi connectivity index (χ1v) is 8.59. The van der Waals surface area contributed by atoms with E-state index in [1.165, 1.54) is 19.2 Å². The third kappa shape index (κ3) is 5.15. The number of nitrogens with zero attached hydrogens (tertiary/aromatic N) is 1. The molecule has 26 heavy (non-hydrogen) atoms. The van der Waals surface area contributed by atoms with Gasteiger partial charge in [0, 0.05) is 18.7 Å². The van der Waals surface area contributed by atoms with Crippen LogP contribution in [-0.2, 0) is 16.0 Å². The molecule has 0 aliphatic heterocycles. The minimum atomic E-state index is -0.429. The molecule has 1 amide bonds. The quantitative estimate of drug-likeness (QED) is 0.711. The highest BCUT2D eigenvalue weighted by Gasteiger charge is 2.23. The van der Waals surface area contributed by atoms with Crippen molar-refractivity contribution < 1.29 is 18.7 Å². The monoisotopic (exact) mass is 357 g/mol. The van der Waals surface area contributed by atoms with Crippen molar-refractivity contribution in [2.75, 3.05) is 20.2 Å². The van der Waals surface area contributed by atoms with Crippen LogP contribution in [0.1, 0.15) is 28.4 Å². The van der Waals surface area contributed by atoms with E-state index in [0.29, 0.717) is 18.5 Å². The van der Waals surface area contributed by atoms with E-state index in [1.807, 2.05) is 25.1 Å². The largest absolute Gasteiger partial charge is 0.469 e. The number of hydrogen-bond acceptors (Lipinski definition) is 3. The zero-order valence-corrected chi connectivity index (χ0v) is 15.4. The van der Waals surface area contributed by atoms with Crippen molar-refractivity contribution in [1.29, 1.82) is 0 Å². The van der Waals surface area contributed by atoms with Gasteiger partial charge in [-0.1, -0.05) is 37.3 Å². The van der Waals surface area contributed by atoms with Gasteiger partial charge >= 0.3 is 5.97 Å². The molecular formula is C21H24FNO3. The van der Waals surface area contributed by atoms with Crippen LogP contribution in [0.15, 0.2) is 48.5 Å². The lowest BCUT2D eigenvalue weighted by Crippen LogP contribution is -2.39. The summed E-state index contributed by atoms with van der Waals surface area (Å²) in [6, 6.07) is 13.6. The van der Waals surface area contributed by atoms with Gasteiger partial charge in [0.2, 0.25) is 0 Å². The van der Waals surface area contributed by atoms with Gasteiger partial charge < -0.3 is 9.64 Å². The van der Waals surface area contributed by atoms with Crippen molar-refractivity contribution in [3.8, 4) is 0 Å². The van der Waals surface area contributed by atoms with Gasteiger partial charge in [-0.3, -0.25) is 9.59 Å². The Morgan fingerprint density at radius 3 is 2.38 bits per heavy atom. The fraction of sp³-hybridized carbons (Fsp3) is 0.333. The molecule has 0 heterocycles. The molecule has 0 aliphatic rings. The van der Waals surface area contributed by atoms with Crippen LogP contribution in [-0.4, -0.2) is 37.0 Å². The Hall–Kier alpha value is -2.69. The second-order valence-electron chi connectivity index (χ2n) is 6.37. The van der Waals surface area contributed by atoms with Gasteiger partial charge in [-0.05, 0) is 42.7 Å². The summed E-state index contributed by atoms with van der Waals surface area (Å²) in [6.45, 7) is 4.32. The Kier molecular flexibility index (Phi) is 6.89. The molecule has 0 aromatic heterocycles. The van der Waals surface area contributed by atoms with Crippen molar-refractivity contribution in [2.24, 2.45) is 5.92 Å². The van der Waals surface area contributed by atoms with Crippen LogP contribution in [0.3, 0.4) is 0 Å².